The summed E-state index contributed by atoms with van der Waals surface area (Å²) in [5.41, 5.74) is 0.536. The van der Waals surface area contributed by atoms with Gasteiger partial charge in [0.2, 0.25) is 0 Å². The van der Waals surface area contributed by atoms with Crippen LogP contribution < -0.4 is 0 Å². The van der Waals surface area contributed by atoms with E-state index in [1.165, 1.54) is 12.1 Å². The van der Waals surface area contributed by atoms with Crippen LogP contribution in [0.5, 0.6) is 0 Å². The summed E-state index contributed by atoms with van der Waals surface area (Å²) in [5, 5.41) is 0. The van der Waals surface area contributed by atoms with E-state index in [1.54, 1.807) is 6.07 Å². The molecule has 0 bridgehead atoms. The van der Waals surface area contributed by atoms with Crippen LogP contribution in [0.1, 0.15) is 30.1 Å². The maximum absolute atomic E-state index is 13.2. The van der Waals surface area contributed by atoms with Crippen LogP contribution >= 0.6 is 15.9 Å². The highest BCUT2D eigenvalue weighted by molar-refractivity contribution is 9.10. The highest BCUT2D eigenvalue weighted by Gasteiger charge is 2.27. The number of rotatable bonds is 2. The quantitative estimate of drug-likeness (QED) is 0.824. The first kappa shape index (κ1) is 15.4. The highest BCUT2D eigenvalue weighted by Crippen LogP contribution is 2.22. The summed E-state index contributed by atoms with van der Waals surface area (Å²) >= 11 is 3.29. The summed E-state index contributed by atoms with van der Waals surface area (Å²) in [7, 11) is 2.09. The van der Waals surface area contributed by atoms with Crippen LogP contribution in [-0.4, -0.2) is 48.4 Å². The molecule has 1 aromatic rings. The molecular formula is C15H20BrFN2O. The van der Waals surface area contributed by atoms with Gasteiger partial charge in [0.15, 0.2) is 0 Å². The summed E-state index contributed by atoms with van der Waals surface area (Å²) < 4.78 is 13.7. The van der Waals surface area contributed by atoms with Crippen molar-refractivity contribution in [1.82, 2.24) is 9.80 Å². The zero-order chi connectivity index (χ0) is 14.7. The molecule has 1 unspecified atom stereocenters. The van der Waals surface area contributed by atoms with Gasteiger partial charge in [-0.25, -0.2) is 4.39 Å². The van der Waals surface area contributed by atoms with Gasteiger partial charge >= 0.3 is 0 Å². The molecule has 1 fully saturated rings. The lowest BCUT2D eigenvalue weighted by molar-refractivity contribution is 0.0674. The number of likely N-dealkylation sites (N-methyl/N-ethyl adjacent to an activating group) is 1. The minimum Gasteiger partial charge on any atom is -0.334 e. The minimum absolute atomic E-state index is 0.0148. The Balaban J connectivity index is 2.25. The first-order valence-electron chi connectivity index (χ1n) is 6.97. The fourth-order valence-electron chi connectivity index (χ4n) is 2.68. The maximum Gasteiger partial charge on any atom is 0.255 e. The van der Waals surface area contributed by atoms with E-state index in [0.717, 1.165) is 32.5 Å². The van der Waals surface area contributed by atoms with Crippen molar-refractivity contribution in [3.63, 3.8) is 0 Å². The number of nitrogens with zero attached hydrogens (tertiary/aromatic N) is 2. The van der Waals surface area contributed by atoms with Gasteiger partial charge in [-0.15, -0.1) is 0 Å². The van der Waals surface area contributed by atoms with Crippen molar-refractivity contribution in [1.29, 1.82) is 0 Å². The van der Waals surface area contributed by atoms with Gasteiger partial charge < -0.3 is 9.80 Å². The highest BCUT2D eigenvalue weighted by atomic mass is 79.9. The smallest absolute Gasteiger partial charge is 0.255 e. The summed E-state index contributed by atoms with van der Waals surface area (Å²) in [6.45, 7) is 4.75. The number of carbonyl (C=O) groups excluding carboxylic acids is 1. The Hall–Kier alpha value is -0.940. The van der Waals surface area contributed by atoms with E-state index in [4.69, 9.17) is 0 Å². The molecule has 2 rings (SSSR count). The van der Waals surface area contributed by atoms with Gasteiger partial charge in [-0.3, -0.25) is 4.79 Å². The second-order valence-electron chi connectivity index (χ2n) is 5.30. The Morgan fingerprint density at radius 2 is 2.20 bits per heavy atom. The molecule has 1 saturated heterocycles. The van der Waals surface area contributed by atoms with Crippen LogP contribution in [-0.2, 0) is 0 Å². The van der Waals surface area contributed by atoms with Gasteiger partial charge in [-0.05, 0) is 60.6 Å². The first-order chi connectivity index (χ1) is 9.52. The SMILES string of the molecule is CCC1CN(C)CCCN1C(=O)c1ccc(F)cc1Br. The van der Waals surface area contributed by atoms with Crippen molar-refractivity contribution in [3.8, 4) is 0 Å². The van der Waals surface area contributed by atoms with Crippen molar-refractivity contribution in [2.75, 3.05) is 26.7 Å². The molecule has 3 nitrogen and oxygen atoms in total. The van der Waals surface area contributed by atoms with E-state index in [2.05, 4.69) is 34.8 Å². The molecule has 20 heavy (non-hydrogen) atoms. The molecule has 1 aliphatic rings. The summed E-state index contributed by atoms with van der Waals surface area (Å²) in [4.78, 5) is 16.9. The molecule has 0 aliphatic carbocycles. The van der Waals surface area contributed by atoms with Crippen LogP contribution in [0, 0.1) is 5.82 Å². The zero-order valence-corrected chi connectivity index (χ0v) is 13.5. The molecule has 1 aromatic carbocycles. The first-order valence-corrected chi connectivity index (χ1v) is 7.76. The maximum atomic E-state index is 13.2. The lowest BCUT2D eigenvalue weighted by Crippen LogP contribution is -2.43. The third kappa shape index (κ3) is 3.38. The van der Waals surface area contributed by atoms with E-state index in [0.29, 0.717) is 10.0 Å². The lowest BCUT2D eigenvalue weighted by atomic mass is 10.1. The fourth-order valence-corrected chi connectivity index (χ4v) is 3.20. The molecule has 5 heteroatoms. The van der Waals surface area contributed by atoms with Crippen molar-refractivity contribution >= 4 is 21.8 Å². The summed E-state index contributed by atoms with van der Waals surface area (Å²) in [6.07, 6.45) is 1.90. The van der Waals surface area contributed by atoms with E-state index in [1.807, 2.05) is 4.90 Å². The second kappa shape index (κ2) is 6.68. The van der Waals surface area contributed by atoms with E-state index in [-0.39, 0.29) is 17.8 Å². The van der Waals surface area contributed by atoms with Gasteiger partial charge in [-0.2, -0.15) is 0 Å². The summed E-state index contributed by atoms with van der Waals surface area (Å²) in [5.74, 6) is -0.352. The van der Waals surface area contributed by atoms with Crippen LogP contribution in [0.3, 0.4) is 0 Å². The summed E-state index contributed by atoms with van der Waals surface area (Å²) in [6, 6.07) is 4.45. The molecule has 0 spiro atoms. The predicted molar refractivity (Wildman–Crippen MR) is 81.3 cm³/mol. The zero-order valence-electron chi connectivity index (χ0n) is 11.9. The van der Waals surface area contributed by atoms with Crippen molar-refractivity contribution in [2.45, 2.75) is 25.8 Å². The Kier molecular flexibility index (Phi) is 5.16. The lowest BCUT2D eigenvalue weighted by Gasteiger charge is -2.30. The second-order valence-corrected chi connectivity index (χ2v) is 6.15. The van der Waals surface area contributed by atoms with Crippen LogP contribution in [0.15, 0.2) is 22.7 Å². The van der Waals surface area contributed by atoms with Gasteiger partial charge in [0, 0.05) is 23.6 Å². The third-order valence-corrected chi connectivity index (χ3v) is 4.45. The third-order valence-electron chi connectivity index (χ3n) is 3.80. The predicted octanol–water partition coefficient (Wildman–Crippen LogP) is 3.14. The van der Waals surface area contributed by atoms with Crippen molar-refractivity contribution < 1.29 is 9.18 Å². The van der Waals surface area contributed by atoms with Crippen LogP contribution in [0.25, 0.3) is 0 Å². The molecule has 0 aromatic heterocycles. The normalized spacial score (nSPS) is 20.8. The number of amides is 1. The average molecular weight is 343 g/mol. The average Bonchev–Trinajstić information content (AvgIpc) is 2.59. The van der Waals surface area contributed by atoms with Crippen LogP contribution in [0.4, 0.5) is 4.39 Å². The molecule has 0 N–H and O–H groups in total. The molecule has 1 atom stereocenters. The van der Waals surface area contributed by atoms with Crippen molar-refractivity contribution in [2.24, 2.45) is 0 Å². The number of halogens is 2. The Bertz CT molecular complexity index is 495. The molecule has 1 aliphatic heterocycles. The van der Waals surface area contributed by atoms with E-state index >= 15 is 0 Å². The Labute approximate surface area is 127 Å². The minimum atomic E-state index is -0.337. The monoisotopic (exact) mass is 342 g/mol. The molecule has 110 valence electrons. The van der Waals surface area contributed by atoms with E-state index in [9.17, 15) is 9.18 Å². The van der Waals surface area contributed by atoms with Crippen molar-refractivity contribution in [3.05, 3.63) is 34.1 Å². The topological polar surface area (TPSA) is 23.6 Å². The Morgan fingerprint density at radius 3 is 2.85 bits per heavy atom. The standard InChI is InChI=1S/C15H20BrFN2O/c1-3-12-10-18(2)7-4-8-19(12)15(20)13-6-5-11(17)9-14(13)16/h5-6,9,12H,3-4,7-8,10H2,1-2H3. The molecular weight excluding hydrogens is 323 g/mol. The largest absolute Gasteiger partial charge is 0.334 e. The van der Waals surface area contributed by atoms with E-state index < -0.39 is 0 Å². The van der Waals surface area contributed by atoms with Gasteiger partial charge in [0.25, 0.3) is 5.91 Å². The molecule has 0 radical (unpaired) electrons. The number of hydrogen-bond acceptors (Lipinski definition) is 2. The van der Waals surface area contributed by atoms with Crippen LogP contribution in [0.2, 0.25) is 0 Å². The molecule has 0 saturated carbocycles. The number of benzene rings is 1. The molecule has 1 heterocycles. The van der Waals surface area contributed by atoms with Gasteiger partial charge in [0.05, 0.1) is 5.56 Å². The molecule has 1 amide bonds. The van der Waals surface area contributed by atoms with Gasteiger partial charge in [0.1, 0.15) is 5.82 Å². The number of carbonyl (C=O) groups is 1. The Morgan fingerprint density at radius 1 is 1.45 bits per heavy atom. The van der Waals surface area contributed by atoms with Gasteiger partial charge in [-0.1, -0.05) is 6.92 Å². The fraction of sp³-hybridized carbons (Fsp3) is 0.533. The number of hydrogen-bond donors (Lipinski definition) is 0.